The smallest absolute Gasteiger partial charge is 0.346 e. The van der Waals surface area contributed by atoms with Crippen molar-refractivity contribution in [3.05, 3.63) is 77.2 Å². The molecule has 38 heavy (non-hydrogen) atoms. The maximum Gasteiger partial charge on any atom is 0.346 e. The van der Waals surface area contributed by atoms with E-state index in [9.17, 15) is 4.79 Å². The Kier molecular flexibility index (Phi) is 6.15. The number of anilines is 2. The maximum absolute atomic E-state index is 13.1. The van der Waals surface area contributed by atoms with E-state index in [1.165, 1.54) is 11.4 Å². The van der Waals surface area contributed by atoms with Crippen LogP contribution in [-0.4, -0.2) is 62.5 Å². The standard InChI is InChI=1S/C28H28N8O2/c1-18-8-10-21(32-28(37)36-24(12-13-38-36)19-6-4-3-5-7-19)14-20(18)9-11-23-25-26(29)30-17-31-27(25)35(33-23)22-15-34(2)16-22/h3-8,10,14,17,22,24H,12-13,15-16H2,1-2H3,(H,32,37)(H2,29,30,31)/t24-/m1/s1. The SMILES string of the molecule is Cc1ccc(NC(=O)N2OCC[C@@H]2c2ccccc2)cc1C#Cc1nn(C2CN(C)C2)c2ncnc(N)c12. The molecule has 2 saturated heterocycles. The summed E-state index contributed by atoms with van der Waals surface area (Å²) < 4.78 is 1.90. The Morgan fingerprint density at radius 3 is 2.74 bits per heavy atom. The Bertz CT molecular complexity index is 1570. The summed E-state index contributed by atoms with van der Waals surface area (Å²) in [6.07, 6.45) is 2.20. The van der Waals surface area contributed by atoms with E-state index >= 15 is 0 Å². The zero-order valence-corrected chi connectivity index (χ0v) is 21.3. The predicted molar refractivity (Wildman–Crippen MR) is 144 cm³/mol. The van der Waals surface area contributed by atoms with Crippen LogP contribution in [0.5, 0.6) is 0 Å². The zero-order chi connectivity index (χ0) is 26.2. The van der Waals surface area contributed by atoms with Gasteiger partial charge in [0.2, 0.25) is 0 Å². The Morgan fingerprint density at radius 2 is 1.95 bits per heavy atom. The van der Waals surface area contributed by atoms with Crippen molar-refractivity contribution in [2.45, 2.75) is 25.4 Å². The lowest BCUT2D eigenvalue weighted by Gasteiger charge is -2.36. The van der Waals surface area contributed by atoms with Crippen LogP contribution in [0.25, 0.3) is 11.0 Å². The maximum atomic E-state index is 13.1. The number of urea groups is 1. The van der Waals surface area contributed by atoms with Gasteiger partial charge in [0, 0.05) is 30.8 Å². The molecule has 2 aromatic heterocycles. The highest BCUT2D eigenvalue weighted by atomic mass is 16.7. The van der Waals surface area contributed by atoms with Crippen molar-refractivity contribution in [2.75, 3.05) is 37.8 Å². The number of likely N-dealkylation sites (tertiary alicyclic amines) is 1. The molecule has 3 N–H and O–H groups in total. The first-order valence-corrected chi connectivity index (χ1v) is 12.6. The summed E-state index contributed by atoms with van der Waals surface area (Å²) in [5.41, 5.74) is 10.8. The number of likely N-dealkylation sites (N-methyl/N-ethyl adjacent to an activating group) is 1. The number of nitrogens with two attached hydrogens (primary N) is 1. The Labute approximate surface area is 220 Å². The first-order chi connectivity index (χ1) is 18.5. The van der Waals surface area contributed by atoms with Crippen molar-refractivity contribution in [3.8, 4) is 11.8 Å². The molecule has 6 rings (SSSR count). The van der Waals surface area contributed by atoms with Gasteiger partial charge in [-0.3, -0.25) is 4.84 Å². The van der Waals surface area contributed by atoms with Crippen molar-refractivity contribution in [1.82, 2.24) is 29.7 Å². The number of benzene rings is 2. The van der Waals surface area contributed by atoms with Gasteiger partial charge >= 0.3 is 6.03 Å². The average molecular weight is 509 g/mol. The Balaban J connectivity index is 1.26. The van der Waals surface area contributed by atoms with Crippen molar-refractivity contribution < 1.29 is 9.63 Å². The molecule has 0 unspecified atom stereocenters. The Hall–Kier alpha value is -4.46. The highest BCUT2D eigenvalue weighted by molar-refractivity contribution is 5.91. The van der Waals surface area contributed by atoms with E-state index in [1.54, 1.807) is 0 Å². The molecule has 1 atom stereocenters. The van der Waals surface area contributed by atoms with Gasteiger partial charge in [-0.15, -0.1) is 0 Å². The zero-order valence-electron chi connectivity index (χ0n) is 21.3. The molecule has 0 aliphatic carbocycles. The number of carbonyl (C=O) groups is 1. The topological polar surface area (TPSA) is 114 Å². The second-order valence-electron chi connectivity index (χ2n) is 9.71. The molecule has 2 aromatic carbocycles. The normalized spacial score (nSPS) is 17.7. The number of carbonyl (C=O) groups excluding carboxylic acids is 1. The van der Waals surface area contributed by atoms with Crippen LogP contribution in [-0.2, 0) is 4.84 Å². The van der Waals surface area contributed by atoms with E-state index in [0.29, 0.717) is 34.8 Å². The van der Waals surface area contributed by atoms with E-state index in [1.807, 2.05) is 60.1 Å². The third kappa shape index (κ3) is 4.42. The number of aromatic nitrogens is 4. The quantitative estimate of drug-likeness (QED) is 0.407. The van der Waals surface area contributed by atoms with Gasteiger partial charge in [-0.2, -0.15) is 10.2 Å². The number of fused-ring (bicyclic) bond motifs is 1. The molecular weight excluding hydrogens is 480 g/mol. The van der Waals surface area contributed by atoms with Crippen LogP contribution in [0.1, 0.15) is 40.9 Å². The molecule has 0 bridgehead atoms. The van der Waals surface area contributed by atoms with Gasteiger partial charge in [-0.05, 0) is 43.2 Å². The molecule has 0 spiro atoms. The average Bonchev–Trinajstić information content (AvgIpc) is 3.54. The fourth-order valence-electron chi connectivity index (χ4n) is 4.95. The summed E-state index contributed by atoms with van der Waals surface area (Å²) in [7, 11) is 2.07. The fourth-order valence-corrected chi connectivity index (χ4v) is 4.95. The number of rotatable bonds is 3. The number of nitrogens with one attached hydrogen (secondary N) is 1. The van der Waals surface area contributed by atoms with Crippen LogP contribution in [0.2, 0.25) is 0 Å². The molecule has 4 heterocycles. The number of hydrogen-bond acceptors (Lipinski definition) is 7. The molecule has 192 valence electrons. The fraction of sp³-hybridized carbons (Fsp3) is 0.286. The summed E-state index contributed by atoms with van der Waals surface area (Å²) in [4.78, 5) is 29.6. The van der Waals surface area contributed by atoms with Crippen LogP contribution < -0.4 is 11.1 Å². The second kappa shape index (κ2) is 9.78. The molecule has 10 heteroatoms. The minimum atomic E-state index is -0.320. The molecule has 4 aromatic rings. The van der Waals surface area contributed by atoms with Crippen LogP contribution >= 0.6 is 0 Å². The molecule has 2 amide bonds. The number of amides is 2. The summed E-state index contributed by atoms with van der Waals surface area (Å²) in [6.45, 7) is 4.24. The van der Waals surface area contributed by atoms with E-state index in [2.05, 4.69) is 39.1 Å². The van der Waals surface area contributed by atoms with Gasteiger partial charge in [-0.1, -0.05) is 42.3 Å². The molecule has 0 radical (unpaired) electrons. The van der Waals surface area contributed by atoms with E-state index < -0.39 is 0 Å². The number of nitrogens with zero attached hydrogens (tertiary/aromatic N) is 6. The van der Waals surface area contributed by atoms with E-state index in [4.69, 9.17) is 15.7 Å². The second-order valence-corrected chi connectivity index (χ2v) is 9.71. The van der Waals surface area contributed by atoms with Gasteiger partial charge in [-0.25, -0.2) is 19.4 Å². The monoisotopic (exact) mass is 508 g/mol. The lowest BCUT2D eigenvalue weighted by atomic mass is 10.1. The van der Waals surface area contributed by atoms with Crippen molar-refractivity contribution in [3.63, 3.8) is 0 Å². The van der Waals surface area contributed by atoms with Crippen LogP contribution in [0.15, 0.2) is 54.9 Å². The largest absolute Gasteiger partial charge is 0.383 e. The highest BCUT2D eigenvalue weighted by Crippen LogP contribution is 2.31. The molecule has 10 nitrogen and oxygen atoms in total. The van der Waals surface area contributed by atoms with Gasteiger partial charge in [0.15, 0.2) is 5.65 Å². The van der Waals surface area contributed by atoms with Gasteiger partial charge in [0.25, 0.3) is 0 Å². The lowest BCUT2D eigenvalue weighted by molar-refractivity contribution is -0.0829. The van der Waals surface area contributed by atoms with Crippen LogP contribution in [0, 0.1) is 18.8 Å². The molecule has 0 saturated carbocycles. The summed E-state index contributed by atoms with van der Waals surface area (Å²) in [5.74, 6) is 6.76. The van der Waals surface area contributed by atoms with Crippen molar-refractivity contribution in [2.24, 2.45) is 0 Å². The number of hydroxylamine groups is 2. The summed E-state index contributed by atoms with van der Waals surface area (Å²) in [5, 5.41) is 9.79. The van der Waals surface area contributed by atoms with Gasteiger partial charge in [0.05, 0.1) is 24.1 Å². The summed E-state index contributed by atoms with van der Waals surface area (Å²) in [6, 6.07) is 15.3. The molecule has 2 fully saturated rings. The van der Waals surface area contributed by atoms with Crippen LogP contribution in [0.4, 0.5) is 16.3 Å². The Morgan fingerprint density at radius 1 is 1.13 bits per heavy atom. The van der Waals surface area contributed by atoms with E-state index in [0.717, 1.165) is 36.2 Å². The third-order valence-electron chi connectivity index (χ3n) is 7.00. The van der Waals surface area contributed by atoms with Gasteiger partial charge < -0.3 is 16.0 Å². The minimum Gasteiger partial charge on any atom is -0.383 e. The van der Waals surface area contributed by atoms with Crippen molar-refractivity contribution >= 4 is 28.6 Å². The molecule has 2 aliphatic heterocycles. The predicted octanol–water partition coefficient (Wildman–Crippen LogP) is 3.51. The minimum absolute atomic E-state index is 0.132. The highest BCUT2D eigenvalue weighted by Gasteiger charge is 2.32. The number of hydrogen-bond donors (Lipinski definition) is 2. The summed E-state index contributed by atoms with van der Waals surface area (Å²) >= 11 is 0. The number of nitrogen functional groups attached to an aromatic ring is 1. The molecular formula is C28H28N8O2. The number of aryl methyl sites for hydroxylation is 1. The van der Waals surface area contributed by atoms with Gasteiger partial charge in [0.1, 0.15) is 17.8 Å². The van der Waals surface area contributed by atoms with Crippen LogP contribution in [0.3, 0.4) is 0 Å². The lowest BCUT2D eigenvalue weighted by Crippen LogP contribution is -2.45. The first-order valence-electron chi connectivity index (χ1n) is 12.6. The van der Waals surface area contributed by atoms with Crippen molar-refractivity contribution in [1.29, 1.82) is 0 Å². The van der Waals surface area contributed by atoms with E-state index in [-0.39, 0.29) is 18.1 Å². The molecule has 2 aliphatic rings. The first kappa shape index (κ1) is 23.9. The third-order valence-corrected chi connectivity index (χ3v) is 7.00.